The van der Waals surface area contributed by atoms with Crippen molar-refractivity contribution < 1.29 is 13.5 Å². The lowest BCUT2D eigenvalue weighted by atomic mass is 9.95. The predicted molar refractivity (Wildman–Crippen MR) is 71.3 cm³/mol. The normalized spacial score (nSPS) is 16.5. The summed E-state index contributed by atoms with van der Waals surface area (Å²) in [5.41, 5.74) is 0. The summed E-state index contributed by atoms with van der Waals surface area (Å²) in [6.07, 6.45) is 7.32. The smallest absolute Gasteiger partial charge is 0.167 e. The molecule has 0 bridgehead atoms. The van der Waals surface area contributed by atoms with Crippen LogP contribution in [0.25, 0.3) is 0 Å². The SMILES string of the molecule is Fc1ccc(OCCCNC2CCCCC2)c(F)c1. The Labute approximate surface area is 113 Å². The van der Waals surface area contributed by atoms with Gasteiger partial charge in [0.05, 0.1) is 6.61 Å². The van der Waals surface area contributed by atoms with Gasteiger partial charge < -0.3 is 10.1 Å². The molecule has 0 aliphatic heterocycles. The fraction of sp³-hybridized carbons (Fsp3) is 0.600. The van der Waals surface area contributed by atoms with E-state index >= 15 is 0 Å². The van der Waals surface area contributed by atoms with Crippen LogP contribution >= 0.6 is 0 Å². The van der Waals surface area contributed by atoms with E-state index < -0.39 is 11.6 Å². The van der Waals surface area contributed by atoms with Crippen LogP contribution < -0.4 is 10.1 Å². The Morgan fingerprint density at radius 3 is 2.68 bits per heavy atom. The van der Waals surface area contributed by atoms with Crippen molar-refractivity contribution in [2.45, 2.75) is 44.6 Å². The average molecular weight is 269 g/mol. The minimum Gasteiger partial charge on any atom is -0.490 e. The second-order valence-electron chi connectivity index (χ2n) is 5.07. The van der Waals surface area contributed by atoms with E-state index in [1.54, 1.807) is 0 Å². The van der Waals surface area contributed by atoms with Crippen LogP contribution in [0.15, 0.2) is 18.2 Å². The van der Waals surface area contributed by atoms with Crippen molar-refractivity contribution in [1.29, 1.82) is 0 Å². The number of nitrogens with one attached hydrogen (secondary N) is 1. The fourth-order valence-electron chi connectivity index (χ4n) is 2.46. The second kappa shape index (κ2) is 7.43. The number of rotatable bonds is 6. The van der Waals surface area contributed by atoms with Gasteiger partial charge in [0.15, 0.2) is 11.6 Å². The van der Waals surface area contributed by atoms with Crippen LogP contribution in [0.1, 0.15) is 38.5 Å². The Morgan fingerprint density at radius 1 is 1.16 bits per heavy atom. The molecule has 106 valence electrons. The lowest BCUT2D eigenvalue weighted by molar-refractivity contribution is 0.284. The van der Waals surface area contributed by atoms with E-state index in [-0.39, 0.29) is 5.75 Å². The minimum absolute atomic E-state index is 0.124. The Balaban J connectivity index is 1.61. The van der Waals surface area contributed by atoms with Crippen LogP contribution in [0.4, 0.5) is 8.78 Å². The van der Waals surface area contributed by atoms with Gasteiger partial charge in [-0.2, -0.15) is 0 Å². The summed E-state index contributed by atoms with van der Waals surface area (Å²) in [4.78, 5) is 0. The van der Waals surface area contributed by atoms with E-state index in [2.05, 4.69) is 5.32 Å². The van der Waals surface area contributed by atoms with Crippen molar-refractivity contribution in [3.63, 3.8) is 0 Å². The highest BCUT2D eigenvalue weighted by Gasteiger charge is 2.11. The maximum absolute atomic E-state index is 13.3. The Kier molecular flexibility index (Phi) is 5.58. The molecular weight excluding hydrogens is 248 g/mol. The van der Waals surface area contributed by atoms with Crippen LogP contribution in [-0.4, -0.2) is 19.2 Å². The van der Waals surface area contributed by atoms with Gasteiger partial charge in [0.25, 0.3) is 0 Å². The third kappa shape index (κ3) is 4.78. The molecule has 1 aromatic rings. The van der Waals surface area contributed by atoms with Crippen molar-refractivity contribution in [1.82, 2.24) is 5.32 Å². The molecule has 0 atom stereocenters. The lowest BCUT2D eigenvalue weighted by Crippen LogP contribution is -2.32. The third-order valence-corrected chi connectivity index (χ3v) is 3.51. The highest BCUT2D eigenvalue weighted by atomic mass is 19.1. The zero-order valence-electron chi connectivity index (χ0n) is 11.1. The molecule has 1 aromatic carbocycles. The summed E-state index contributed by atoms with van der Waals surface area (Å²) in [5, 5.41) is 3.50. The molecule has 19 heavy (non-hydrogen) atoms. The van der Waals surface area contributed by atoms with E-state index in [9.17, 15) is 8.78 Å². The predicted octanol–water partition coefficient (Wildman–Crippen LogP) is 3.66. The molecule has 0 saturated heterocycles. The summed E-state index contributed by atoms with van der Waals surface area (Å²) < 4.78 is 31.3. The van der Waals surface area contributed by atoms with Crippen LogP contribution in [0.3, 0.4) is 0 Å². The molecule has 1 aliphatic carbocycles. The van der Waals surface area contributed by atoms with Crippen molar-refractivity contribution in [2.75, 3.05) is 13.2 Å². The van der Waals surface area contributed by atoms with Gasteiger partial charge in [0.1, 0.15) is 5.82 Å². The topological polar surface area (TPSA) is 21.3 Å². The van der Waals surface area contributed by atoms with Gasteiger partial charge in [0.2, 0.25) is 0 Å². The summed E-state index contributed by atoms with van der Waals surface area (Å²) >= 11 is 0. The quantitative estimate of drug-likeness (QED) is 0.796. The summed E-state index contributed by atoms with van der Waals surface area (Å²) in [6.45, 7) is 1.33. The number of ether oxygens (including phenoxy) is 1. The minimum atomic E-state index is -0.639. The molecular formula is C15H21F2NO. The summed E-state index contributed by atoms with van der Waals surface area (Å²) in [5.74, 6) is -1.09. The number of hydrogen-bond donors (Lipinski definition) is 1. The van der Waals surface area contributed by atoms with E-state index in [4.69, 9.17) is 4.74 Å². The first-order valence-electron chi connectivity index (χ1n) is 7.07. The molecule has 1 saturated carbocycles. The van der Waals surface area contributed by atoms with E-state index in [0.717, 1.165) is 19.0 Å². The van der Waals surface area contributed by atoms with Gasteiger partial charge in [-0.15, -0.1) is 0 Å². The first-order valence-corrected chi connectivity index (χ1v) is 7.07. The number of benzene rings is 1. The zero-order valence-corrected chi connectivity index (χ0v) is 11.1. The maximum atomic E-state index is 13.3. The molecule has 2 nitrogen and oxygen atoms in total. The van der Waals surface area contributed by atoms with Crippen molar-refractivity contribution >= 4 is 0 Å². The van der Waals surface area contributed by atoms with Gasteiger partial charge >= 0.3 is 0 Å². The molecule has 1 N–H and O–H groups in total. The standard InChI is InChI=1S/C15H21F2NO/c16-12-7-8-15(14(17)11-12)19-10-4-9-18-13-5-2-1-3-6-13/h7-8,11,13,18H,1-6,9-10H2. The molecule has 0 spiro atoms. The molecule has 2 rings (SSSR count). The van der Waals surface area contributed by atoms with Gasteiger partial charge in [-0.25, -0.2) is 8.78 Å². The number of halogens is 2. The van der Waals surface area contributed by atoms with Gasteiger partial charge in [0, 0.05) is 12.1 Å². The van der Waals surface area contributed by atoms with Crippen LogP contribution in [0.5, 0.6) is 5.75 Å². The van der Waals surface area contributed by atoms with E-state index in [1.807, 2.05) is 0 Å². The van der Waals surface area contributed by atoms with Gasteiger partial charge in [-0.3, -0.25) is 0 Å². The fourth-order valence-corrected chi connectivity index (χ4v) is 2.46. The lowest BCUT2D eigenvalue weighted by Gasteiger charge is -2.22. The average Bonchev–Trinajstić information content (AvgIpc) is 2.42. The molecule has 0 aromatic heterocycles. The summed E-state index contributed by atoms with van der Waals surface area (Å²) in [6, 6.07) is 4.02. The van der Waals surface area contributed by atoms with Crippen molar-refractivity contribution in [3.05, 3.63) is 29.8 Å². The molecule has 1 aliphatic rings. The van der Waals surface area contributed by atoms with E-state index in [1.165, 1.54) is 44.2 Å². The van der Waals surface area contributed by atoms with Gasteiger partial charge in [-0.1, -0.05) is 19.3 Å². The molecule has 0 unspecified atom stereocenters. The van der Waals surface area contributed by atoms with Crippen LogP contribution in [0.2, 0.25) is 0 Å². The van der Waals surface area contributed by atoms with Crippen molar-refractivity contribution in [2.24, 2.45) is 0 Å². The second-order valence-corrected chi connectivity index (χ2v) is 5.07. The Morgan fingerprint density at radius 2 is 1.95 bits per heavy atom. The molecule has 4 heteroatoms. The largest absolute Gasteiger partial charge is 0.490 e. The zero-order chi connectivity index (χ0) is 13.5. The Bertz CT molecular complexity index is 392. The van der Waals surface area contributed by atoms with Gasteiger partial charge in [-0.05, 0) is 37.9 Å². The third-order valence-electron chi connectivity index (χ3n) is 3.51. The van der Waals surface area contributed by atoms with E-state index in [0.29, 0.717) is 12.6 Å². The molecule has 0 amide bonds. The maximum Gasteiger partial charge on any atom is 0.167 e. The Hall–Kier alpha value is -1.16. The highest BCUT2D eigenvalue weighted by Crippen LogP contribution is 2.18. The van der Waals surface area contributed by atoms with Crippen LogP contribution in [-0.2, 0) is 0 Å². The molecule has 0 heterocycles. The first kappa shape index (κ1) is 14.3. The monoisotopic (exact) mass is 269 g/mol. The number of hydrogen-bond acceptors (Lipinski definition) is 2. The molecule has 1 fully saturated rings. The molecule has 0 radical (unpaired) electrons. The van der Waals surface area contributed by atoms with Crippen LogP contribution in [0, 0.1) is 11.6 Å². The van der Waals surface area contributed by atoms with Crippen molar-refractivity contribution in [3.8, 4) is 5.75 Å². The highest BCUT2D eigenvalue weighted by molar-refractivity contribution is 5.24. The summed E-state index contributed by atoms with van der Waals surface area (Å²) in [7, 11) is 0. The first-order chi connectivity index (χ1) is 9.25.